The molecule has 0 saturated carbocycles. The third-order valence-corrected chi connectivity index (χ3v) is 3.49. The lowest BCUT2D eigenvalue weighted by Gasteiger charge is -2.18. The number of nitrogens with one attached hydrogen (secondary N) is 1. The van der Waals surface area contributed by atoms with E-state index in [4.69, 9.17) is 9.47 Å². The average molecular weight is 286 g/mol. The van der Waals surface area contributed by atoms with Crippen LogP contribution in [-0.2, 0) is 6.54 Å². The molecule has 1 unspecified atom stereocenters. The number of rotatable bonds is 7. The SMILES string of the molecule is CCC(NCc1nccc(OC)c1OC)c1ccccc1. The molecule has 0 aliphatic heterocycles. The number of pyridine rings is 1. The van der Waals surface area contributed by atoms with Crippen LogP contribution in [0.1, 0.15) is 30.6 Å². The van der Waals surface area contributed by atoms with E-state index in [1.165, 1.54) is 5.56 Å². The monoisotopic (exact) mass is 286 g/mol. The molecule has 0 aliphatic carbocycles. The fourth-order valence-corrected chi connectivity index (χ4v) is 2.38. The lowest BCUT2D eigenvalue weighted by atomic mass is 10.0. The predicted octanol–water partition coefficient (Wildman–Crippen LogP) is 3.34. The van der Waals surface area contributed by atoms with E-state index in [0.717, 1.165) is 12.1 Å². The average Bonchev–Trinajstić information content (AvgIpc) is 2.56. The highest BCUT2D eigenvalue weighted by Gasteiger charge is 2.13. The molecule has 4 heteroatoms. The first kappa shape index (κ1) is 15.3. The summed E-state index contributed by atoms with van der Waals surface area (Å²) in [5.74, 6) is 1.40. The van der Waals surface area contributed by atoms with Gasteiger partial charge in [0.25, 0.3) is 0 Å². The first-order valence-corrected chi connectivity index (χ1v) is 7.14. The Morgan fingerprint density at radius 3 is 2.48 bits per heavy atom. The number of benzene rings is 1. The Morgan fingerprint density at radius 2 is 1.86 bits per heavy atom. The molecule has 0 amide bonds. The van der Waals surface area contributed by atoms with Crippen molar-refractivity contribution in [2.24, 2.45) is 0 Å². The van der Waals surface area contributed by atoms with Gasteiger partial charge in [-0.1, -0.05) is 37.3 Å². The van der Waals surface area contributed by atoms with E-state index in [0.29, 0.717) is 24.1 Å². The fourth-order valence-electron chi connectivity index (χ4n) is 2.38. The molecule has 21 heavy (non-hydrogen) atoms. The number of nitrogens with zero attached hydrogens (tertiary/aromatic N) is 1. The molecule has 1 heterocycles. The van der Waals surface area contributed by atoms with Gasteiger partial charge in [-0.15, -0.1) is 0 Å². The van der Waals surface area contributed by atoms with Crippen LogP contribution in [0.3, 0.4) is 0 Å². The molecular weight excluding hydrogens is 264 g/mol. The predicted molar refractivity (Wildman–Crippen MR) is 83.7 cm³/mol. The molecule has 112 valence electrons. The molecule has 1 aromatic heterocycles. The van der Waals surface area contributed by atoms with Crippen LogP contribution in [-0.4, -0.2) is 19.2 Å². The van der Waals surface area contributed by atoms with Crippen LogP contribution < -0.4 is 14.8 Å². The summed E-state index contributed by atoms with van der Waals surface area (Å²) in [7, 11) is 3.27. The van der Waals surface area contributed by atoms with Crippen LogP contribution in [0.15, 0.2) is 42.6 Å². The highest BCUT2D eigenvalue weighted by molar-refractivity contribution is 5.42. The van der Waals surface area contributed by atoms with Crippen LogP contribution in [0.5, 0.6) is 11.5 Å². The summed E-state index contributed by atoms with van der Waals surface area (Å²) >= 11 is 0. The maximum absolute atomic E-state index is 5.41. The number of methoxy groups -OCH3 is 2. The zero-order valence-corrected chi connectivity index (χ0v) is 12.8. The van der Waals surface area contributed by atoms with Crippen molar-refractivity contribution in [1.29, 1.82) is 0 Å². The first-order valence-electron chi connectivity index (χ1n) is 7.14. The zero-order valence-electron chi connectivity index (χ0n) is 12.8. The number of aromatic nitrogens is 1. The molecular formula is C17H22N2O2. The Kier molecular flexibility index (Phi) is 5.58. The van der Waals surface area contributed by atoms with Gasteiger partial charge in [0.05, 0.1) is 19.9 Å². The number of hydrogen-bond acceptors (Lipinski definition) is 4. The van der Waals surface area contributed by atoms with Gasteiger partial charge in [-0.05, 0) is 12.0 Å². The van der Waals surface area contributed by atoms with Crippen LogP contribution in [0.4, 0.5) is 0 Å². The minimum atomic E-state index is 0.295. The maximum Gasteiger partial charge on any atom is 0.183 e. The minimum Gasteiger partial charge on any atom is -0.493 e. The Bertz CT molecular complexity index is 558. The zero-order chi connectivity index (χ0) is 15.1. The van der Waals surface area contributed by atoms with Gasteiger partial charge in [0, 0.05) is 24.8 Å². The second-order valence-electron chi connectivity index (χ2n) is 4.75. The van der Waals surface area contributed by atoms with Crippen molar-refractivity contribution in [1.82, 2.24) is 10.3 Å². The molecule has 1 N–H and O–H groups in total. The summed E-state index contributed by atoms with van der Waals surface area (Å²) in [6.45, 7) is 2.80. The quantitative estimate of drug-likeness (QED) is 0.847. The third kappa shape index (κ3) is 3.73. The van der Waals surface area contributed by atoms with Gasteiger partial charge >= 0.3 is 0 Å². The van der Waals surface area contributed by atoms with Gasteiger partial charge in [0.1, 0.15) is 0 Å². The first-order chi connectivity index (χ1) is 10.3. The second kappa shape index (κ2) is 7.64. The van der Waals surface area contributed by atoms with Gasteiger partial charge in [-0.25, -0.2) is 0 Å². The molecule has 4 nitrogen and oxygen atoms in total. The standard InChI is InChI=1S/C17H22N2O2/c1-4-14(13-8-6-5-7-9-13)19-12-15-17(21-3)16(20-2)10-11-18-15/h5-11,14,19H,4,12H2,1-3H3. The Balaban J connectivity index is 2.12. The Hall–Kier alpha value is -2.07. The summed E-state index contributed by atoms with van der Waals surface area (Å²) in [5.41, 5.74) is 2.13. The summed E-state index contributed by atoms with van der Waals surface area (Å²) in [4.78, 5) is 4.39. The van der Waals surface area contributed by atoms with E-state index < -0.39 is 0 Å². The van der Waals surface area contributed by atoms with Crippen molar-refractivity contribution in [2.75, 3.05) is 14.2 Å². The van der Waals surface area contributed by atoms with E-state index >= 15 is 0 Å². The molecule has 0 spiro atoms. The van der Waals surface area contributed by atoms with E-state index in [-0.39, 0.29) is 0 Å². The van der Waals surface area contributed by atoms with Crippen molar-refractivity contribution >= 4 is 0 Å². The summed E-state index contributed by atoms with van der Waals surface area (Å²) in [6, 6.07) is 12.5. The maximum atomic E-state index is 5.41. The van der Waals surface area contributed by atoms with E-state index in [1.807, 2.05) is 6.07 Å². The summed E-state index contributed by atoms with van der Waals surface area (Å²) in [6.07, 6.45) is 2.75. The van der Waals surface area contributed by atoms with Crippen molar-refractivity contribution < 1.29 is 9.47 Å². The molecule has 0 bridgehead atoms. The molecule has 2 rings (SSSR count). The van der Waals surface area contributed by atoms with Gasteiger partial charge in [-0.2, -0.15) is 0 Å². The van der Waals surface area contributed by atoms with E-state index in [9.17, 15) is 0 Å². The van der Waals surface area contributed by atoms with Crippen LogP contribution in [0, 0.1) is 0 Å². The van der Waals surface area contributed by atoms with Crippen molar-refractivity contribution in [3.05, 3.63) is 53.9 Å². The minimum absolute atomic E-state index is 0.295. The number of ether oxygens (including phenoxy) is 2. The molecule has 1 atom stereocenters. The van der Waals surface area contributed by atoms with Crippen molar-refractivity contribution in [3.63, 3.8) is 0 Å². The van der Waals surface area contributed by atoms with Crippen molar-refractivity contribution in [2.45, 2.75) is 25.9 Å². The van der Waals surface area contributed by atoms with Crippen LogP contribution in [0.25, 0.3) is 0 Å². The highest BCUT2D eigenvalue weighted by atomic mass is 16.5. The molecule has 0 radical (unpaired) electrons. The largest absolute Gasteiger partial charge is 0.493 e. The highest BCUT2D eigenvalue weighted by Crippen LogP contribution is 2.29. The van der Waals surface area contributed by atoms with E-state index in [2.05, 4.69) is 41.5 Å². The summed E-state index contributed by atoms with van der Waals surface area (Å²) < 4.78 is 10.7. The normalized spacial score (nSPS) is 12.0. The fraction of sp³-hybridized carbons (Fsp3) is 0.353. The lowest BCUT2D eigenvalue weighted by molar-refractivity contribution is 0.347. The third-order valence-electron chi connectivity index (χ3n) is 3.49. The van der Waals surface area contributed by atoms with Gasteiger partial charge in [0.2, 0.25) is 0 Å². The molecule has 2 aromatic rings. The number of hydrogen-bond donors (Lipinski definition) is 1. The van der Waals surface area contributed by atoms with Crippen molar-refractivity contribution in [3.8, 4) is 11.5 Å². The molecule has 0 fully saturated rings. The molecule has 1 aromatic carbocycles. The molecule has 0 aliphatic rings. The summed E-state index contributed by atoms with van der Waals surface area (Å²) in [5, 5.41) is 3.53. The topological polar surface area (TPSA) is 43.4 Å². The molecule has 0 saturated heterocycles. The lowest BCUT2D eigenvalue weighted by Crippen LogP contribution is -2.21. The van der Waals surface area contributed by atoms with E-state index in [1.54, 1.807) is 26.5 Å². The Morgan fingerprint density at radius 1 is 1.10 bits per heavy atom. The van der Waals surface area contributed by atoms with Crippen LogP contribution in [0.2, 0.25) is 0 Å². The smallest absolute Gasteiger partial charge is 0.183 e. The van der Waals surface area contributed by atoms with Gasteiger partial charge < -0.3 is 14.8 Å². The van der Waals surface area contributed by atoms with Gasteiger partial charge in [0.15, 0.2) is 11.5 Å². The van der Waals surface area contributed by atoms with Crippen LogP contribution >= 0.6 is 0 Å². The van der Waals surface area contributed by atoms with Gasteiger partial charge in [-0.3, -0.25) is 4.98 Å². The Labute approximate surface area is 126 Å². The second-order valence-corrected chi connectivity index (χ2v) is 4.75.